The highest BCUT2D eigenvalue weighted by molar-refractivity contribution is 6.05. The van der Waals surface area contributed by atoms with Crippen LogP contribution in [0.3, 0.4) is 0 Å². The lowest BCUT2D eigenvalue weighted by Gasteiger charge is -2.23. The maximum Gasteiger partial charge on any atom is 0.416 e. The largest absolute Gasteiger partial charge is 0.493 e. The molecule has 0 spiro atoms. The fraction of sp³-hybridized carbons (Fsp3) is 0.318. The molecule has 0 unspecified atom stereocenters. The fourth-order valence-electron chi connectivity index (χ4n) is 3.85. The number of carbonyl (C=O) groups excluding carboxylic acids is 1. The van der Waals surface area contributed by atoms with Crippen molar-refractivity contribution in [3.63, 3.8) is 0 Å². The molecule has 29 heavy (non-hydrogen) atoms. The Balaban J connectivity index is 1.58. The Labute approximate surface area is 166 Å². The summed E-state index contributed by atoms with van der Waals surface area (Å²) < 4.78 is 44.1. The average Bonchev–Trinajstić information content (AvgIpc) is 2.67. The maximum atomic E-state index is 12.9. The average molecular weight is 403 g/mol. The number of amides is 1. The predicted molar refractivity (Wildman–Crippen MR) is 103 cm³/mol. The first-order valence-electron chi connectivity index (χ1n) is 9.46. The minimum absolute atomic E-state index is 0.130. The van der Waals surface area contributed by atoms with Crippen LogP contribution in [-0.2, 0) is 23.8 Å². The Morgan fingerprint density at radius 1 is 1.21 bits per heavy atom. The molecule has 0 aromatic heterocycles. The summed E-state index contributed by atoms with van der Waals surface area (Å²) in [6, 6.07) is 8.95. The third-order valence-corrected chi connectivity index (χ3v) is 5.31. The van der Waals surface area contributed by atoms with Crippen LogP contribution in [0.2, 0.25) is 0 Å². The Bertz CT molecular complexity index is 982. The molecule has 4 nitrogen and oxygen atoms in total. The molecule has 0 saturated heterocycles. The van der Waals surface area contributed by atoms with Crippen LogP contribution in [0.25, 0.3) is 5.57 Å². The van der Waals surface area contributed by atoms with E-state index in [4.69, 9.17) is 4.74 Å². The van der Waals surface area contributed by atoms with Crippen LogP contribution in [0, 0.1) is 0 Å². The van der Waals surface area contributed by atoms with E-state index in [-0.39, 0.29) is 18.3 Å². The van der Waals surface area contributed by atoms with Crippen LogP contribution in [0.15, 0.2) is 42.5 Å². The van der Waals surface area contributed by atoms with Gasteiger partial charge in [0.2, 0.25) is 5.91 Å². The molecule has 4 rings (SSSR count). The van der Waals surface area contributed by atoms with Gasteiger partial charge in [-0.15, -0.1) is 0 Å². The summed E-state index contributed by atoms with van der Waals surface area (Å²) in [5, 5.41) is 12.8. The van der Waals surface area contributed by atoms with Gasteiger partial charge < -0.3 is 15.2 Å². The lowest BCUT2D eigenvalue weighted by molar-refractivity contribution is -0.137. The monoisotopic (exact) mass is 403 g/mol. The van der Waals surface area contributed by atoms with Gasteiger partial charge in [0.1, 0.15) is 5.75 Å². The fourth-order valence-corrected chi connectivity index (χ4v) is 3.85. The number of rotatable bonds is 2. The predicted octanol–water partition coefficient (Wildman–Crippen LogP) is 4.36. The van der Waals surface area contributed by atoms with Gasteiger partial charge >= 0.3 is 6.18 Å². The number of alkyl halides is 3. The van der Waals surface area contributed by atoms with Crippen molar-refractivity contribution in [3.8, 4) is 5.75 Å². The zero-order valence-electron chi connectivity index (χ0n) is 15.6. The Kier molecular flexibility index (Phi) is 5.08. The number of benzene rings is 2. The van der Waals surface area contributed by atoms with Crippen LogP contribution in [0.4, 0.5) is 18.9 Å². The molecule has 0 bridgehead atoms. The second-order valence-corrected chi connectivity index (χ2v) is 7.31. The molecule has 1 aliphatic heterocycles. The van der Waals surface area contributed by atoms with Gasteiger partial charge in [-0.2, -0.15) is 13.2 Å². The van der Waals surface area contributed by atoms with Crippen LogP contribution < -0.4 is 10.1 Å². The van der Waals surface area contributed by atoms with Gasteiger partial charge in [-0.3, -0.25) is 4.79 Å². The summed E-state index contributed by atoms with van der Waals surface area (Å²) in [7, 11) is 0. The van der Waals surface area contributed by atoms with Gasteiger partial charge in [0.05, 0.1) is 18.3 Å². The molecular weight excluding hydrogens is 383 g/mol. The van der Waals surface area contributed by atoms with Gasteiger partial charge in [0.15, 0.2) is 0 Å². The van der Waals surface area contributed by atoms with E-state index in [1.165, 1.54) is 12.1 Å². The summed E-state index contributed by atoms with van der Waals surface area (Å²) >= 11 is 0. The number of aliphatic hydroxyl groups is 1. The highest BCUT2D eigenvalue weighted by Crippen LogP contribution is 2.38. The first kappa shape index (κ1) is 19.5. The van der Waals surface area contributed by atoms with Crippen molar-refractivity contribution < 1.29 is 27.8 Å². The van der Waals surface area contributed by atoms with E-state index in [1.54, 1.807) is 6.07 Å². The number of carbonyl (C=O) groups is 1. The van der Waals surface area contributed by atoms with Crippen molar-refractivity contribution in [1.29, 1.82) is 0 Å². The van der Waals surface area contributed by atoms with Crippen molar-refractivity contribution >= 4 is 17.2 Å². The number of aryl methyl sites for hydroxylation is 1. The second kappa shape index (κ2) is 7.55. The van der Waals surface area contributed by atoms with Crippen LogP contribution in [0.1, 0.15) is 35.1 Å². The molecule has 0 radical (unpaired) electrons. The van der Waals surface area contributed by atoms with Gasteiger partial charge in [0.25, 0.3) is 0 Å². The van der Waals surface area contributed by atoms with E-state index in [0.717, 1.165) is 29.7 Å². The number of nitrogens with one attached hydrogen (secondary N) is 1. The molecule has 2 N–H and O–H groups in total. The summed E-state index contributed by atoms with van der Waals surface area (Å²) in [5.74, 6) is -0.230. The molecule has 2 aromatic carbocycles. The van der Waals surface area contributed by atoms with E-state index >= 15 is 0 Å². The van der Waals surface area contributed by atoms with Gasteiger partial charge in [-0.05, 0) is 47.7 Å². The van der Waals surface area contributed by atoms with Crippen molar-refractivity contribution in [2.75, 3.05) is 11.9 Å². The van der Waals surface area contributed by atoms with E-state index in [1.807, 2.05) is 12.1 Å². The lowest BCUT2D eigenvalue weighted by Crippen LogP contribution is -2.21. The summed E-state index contributed by atoms with van der Waals surface area (Å²) in [4.78, 5) is 12.6. The van der Waals surface area contributed by atoms with Crippen molar-refractivity contribution in [3.05, 3.63) is 64.7 Å². The van der Waals surface area contributed by atoms with Crippen molar-refractivity contribution in [2.45, 2.75) is 38.0 Å². The van der Waals surface area contributed by atoms with E-state index in [9.17, 15) is 23.1 Å². The molecule has 1 aliphatic carbocycles. The maximum absolute atomic E-state index is 12.9. The summed E-state index contributed by atoms with van der Waals surface area (Å²) in [5.41, 5.74) is 3.03. The molecule has 0 fully saturated rings. The third kappa shape index (κ3) is 4.15. The molecule has 1 amide bonds. The molecule has 1 atom stereocenters. The first-order valence-corrected chi connectivity index (χ1v) is 9.46. The molecule has 0 saturated carbocycles. The summed E-state index contributed by atoms with van der Waals surface area (Å²) in [6.07, 6.45) is -1.10. The normalized spacial score (nSPS) is 19.9. The molecular formula is C22H20F3NO3. The van der Waals surface area contributed by atoms with Crippen molar-refractivity contribution in [2.24, 2.45) is 0 Å². The smallest absolute Gasteiger partial charge is 0.416 e. The highest BCUT2D eigenvalue weighted by atomic mass is 19.4. The lowest BCUT2D eigenvalue weighted by atomic mass is 9.88. The minimum Gasteiger partial charge on any atom is -0.493 e. The zero-order chi connectivity index (χ0) is 20.6. The molecule has 2 aromatic rings. The van der Waals surface area contributed by atoms with E-state index in [0.29, 0.717) is 36.1 Å². The Hall–Kier alpha value is -2.80. The number of fused-ring (bicyclic) bond motifs is 2. The van der Waals surface area contributed by atoms with E-state index < -0.39 is 17.8 Å². The number of ether oxygens (including phenoxy) is 1. The third-order valence-electron chi connectivity index (χ3n) is 5.31. The zero-order valence-corrected chi connectivity index (χ0v) is 15.6. The number of hydrogen-bond acceptors (Lipinski definition) is 3. The molecule has 7 heteroatoms. The quantitative estimate of drug-likeness (QED) is 0.733. The molecule has 152 valence electrons. The number of anilines is 1. The Morgan fingerprint density at radius 2 is 2.03 bits per heavy atom. The van der Waals surface area contributed by atoms with Crippen LogP contribution in [-0.4, -0.2) is 23.7 Å². The topological polar surface area (TPSA) is 58.6 Å². The Morgan fingerprint density at radius 3 is 2.83 bits per heavy atom. The molecule has 2 aliphatic rings. The standard InChI is InChI=1S/C22H20F3NO3/c23-22(24,25)15-5-7-17-14(8-9-29-20(17)11-15)10-21(28)26-19-3-1-2-13-4-6-16(27)12-18(13)19/h1-3,5,7,10-11,16,27H,4,6,8-9,12H2,(H,26,28)/b14-10+/t16-/m1/s1. The van der Waals surface area contributed by atoms with Crippen LogP contribution >= 0.6 is 0 Å². The SMILES string of the molecule is O=C(/C=C1\CCOc2cc(C(F)(F)F)ccc21)Nc1cccc2c1C[C@H](O)CC2. The summed E-state index contributed by atoms with van der Waals surface area (Å²) in [6.45, 7) is 0.209. The van der Waals surface area contributed by atoms with Crippen molar-refractivity contribution in [1.82, 2.24) is 0 Å². The van der Waals surface area contributed by atoms with Gasteiger partial charge in [-0.1, -0.05) is 18.2 Å². The highest BCUT2D eigenvalue weighted by Gasteiger charge is 2.32. The molecule has 1 heterocycles. The van der Waals surface area contributed by atoms with Crippen LogP contribution in [0.5, 0.6) is 5.75 Å². The minimum atomic E-state index is -4.45. The van der Waals surface area contributed by atoms with Gasteiger partial charge in [0, 0.05) is 30.2 Å². The number of aliphatic hydroxyl groups excluding tert-OH is 1. The van der Waals surface area contributed by atoms with E-state index in [2.05, 4.69) is 5.32 Å². The van der Waals surface area contributed by atoms with Gasteiger partial charge in [-0.25, -0.2) is 0 Å². The number of halogens is 3. The second-order valence-electron chi connectivity index (χ2n) is 7.31. The number of hydrogen-bond donors (Lipinski definition) is 2. The first-order chi connectivity index (χ1) is 13.8.